The van der Waals surface area contributed by atoms with E-state index < -0.39 is 6.04 Å². The van der Waals surface area contributed by atoms with Crippen LogP contribution in [0.4, 0.5) is 0 Å². The van der Waals surface area contributed by atoms with Crippen LogP contribution in [0.2, 0.25) is 0 Å². The smallest absolute Gasteiger partial charge is 0.245 e. The number of rotatable bonds is 5. The first kappa shape index (κ1) is 14.1. The van der Waals surface area contributed by atoms with Gasteiger partial charge in [0.25, 0.3) is 0 Å². The number of nitrogens with zero attached hydrogens (tertiary/aromatic N) is 1. The lowest BCUT2D eigenvalue weighted by molar-refractivity contribution is -0.511. The largest absolute Gasteiger partial charge is 0.264 e. The highest BCUT2D eigenvalue weighted by atomic mass is 32.2. The van der Waals surface area contributed by atoms with E-state index in [1.54, 1.807) is 11.8 Å². The van der Waals surface area contributed by atoms with Crippen molar-refractivity contribution < 1.29 is 4.92 Å². The van der Waals surface area contributed by atoms with Crippen molar-refractivity contribution in [2.75, 3.05) is 0 Å². The van der Waals surface area contributed by atoms with E-state index in [0.29, 0.717) is 0 Å². The normalized spacial score (nSPS) is 18.5. The van der Waals surface area contributed by atoms with Crippen LogP contribution in [0.25, 0.3) is 0 Å². The summed E-state index contributed by atoms with van der Waals surface area (Å²) in [6, 6.07) is 9.36. The molecule has 0 aromatic heterocycles. The minimum atomic E-state index is -0.550. The van der Waals surface area contributed by atoms with E-state index in [4.69, 9.17) is 0 Å². The van der Waals surface area contributed by atoms with Crippen LogP contribution in [-0.4, -0.2) is 16.2 Å². The number of hydrogen-bond donors (Lipinski definition) is 0. The van der Waals surface area contributed by atoms with Gasteiger partial charge in [-0.25, -0.2) is 0 Å². The van der Waals surface area contributed by atoms with Gasteiger partial charge >= 0.3 is 0 Å². The van der Waals surface area contributed by atoms with Crippen molar-refractivity contribution in [2.45, 2.75) is 48.8 Å². The summed E-state index contributed by atoms with van der Waals surface area (Å²) in [4.78, 5) is 12.4. The average Bonchev–Trinajstić information content (AvgIpc) is 2.40. The molecule has 0 saturated heterocycles. The van der Waals surface area contributed by atoms with Gasteiger partial charge in [-0.15, -0.1) is 11.8 Å². The van der Waals surface area contributed by atoms with Crippen molar-refractivity contribution >= 4 is 11.8 Å². The zero-order valence-corrected chi connectivity index (χ0v) is 11.9. The zero-order valence-electron chi connectivity index (χ0n) is 11.1. The summed E-state index contributed by atoms with van der Waals surface area (Å²) in [5, 5.41) is 11.3. The summed E-state index contributed by atoms with van der Waals surface area (Å²) in [5.41, 5.74) is 1.02. The van der Waals surface area contributed by atoms with Gasteiger partial charge in [-0.3, -0.25) is 10.1 Å². The Hall–Kier alpha value is -1.29. The molecule has 0 bridgehead atoms. The van der Waals surface area contributed by atoms with E-state index in [-0.39, 0.29) is 10.2 Å². The number of hydrogen-bond acceptors (Lipinski definition) is 3. The Morgan fingerprint density at radius 1 is 1.26 bits per heavy atom. The van der Waals surface area contributed by atoms with Crippen LogP contribution in [-0.2, 0) is 0 Å². The molecule has 0 radical (unpaired) electrons. The van der Waals surface area contributed by atoms with Gasteiger partial charge in [0.05, 0.1) is 5.25 Å². The maximum atomic E-state index is 11.4. The van der Waals surface area contributed by atoms with Gasteiger partial charge in [-0.1, -0.05) is 24.3 Å². The van der Waals surface area contributed by atoms with Crippen molar-refractivity contribution in [3.8, 4) is 0 Å². The molecule has 2 rings (SSSR count). The highest BCUT2D eigenvalue weighted by molar-refractivity contribution is 8.00. The number of allylic oxidation sites excluding steroid dienone is 1. The van der Waals surface area contributed by atoms with Gasteiger partial charge < -0.3 is 0 Å². The second kappa shape index (κ2) is 6.75. The van der Waals surface area contributed by atoms with Crippen LogP contribution in [0.3, 0.4) is 0 Å². The molecule has 2 atom stereocenters. The topological polar surface area (TPSA) is 43.1 Å². The fraction of sp³-hybridized carbons (Fsp3) is 0.467. The lowest BCUT2D eigenvalue weighted by Crippen LogP contribution is -2.32. The Morgan fingerprint density at radius 3 is 2.58 bits per heavy atom. The molecule has 4 heteroatoms. The Kier molecular flexibility index (Phi) is 5.02. The van der Waals surface area contributed by atoms with Crippen molar-refractivity contribution in [1.29, 1.82) is 0 Å². The quantitative estimate of drug-likeness (QED) is 0.348. The van der Waals surface area contributed by atoms with Gasteiger partial charge in [0.1, 0.15) is 0 Å². The molecule has 2 unspecified atom stereocenters. The summed E-state index contributed by atoms with van der Waals surface area (Å²) in [7, 11) is 0. The van der Waals surface area contributed by atoms with E-state index >= 15 is 0 Å². The van der Waals surface area contributed by atoms with E-state index in [0.717, 1.165) is 36.2 Å². The molecule has 102 valence electrons. The van der Waals surface area contributed by atoms with Gasteiger partial charge in [0, 0.05) is 15.4 Å². The second-order valence-corrected chi connectivity index (χ2v) is 6.34. The fourth-order valence-corrected chi connectivity index (χ4v) is 3.66. The molecule has 0 fully saturated rings. The molecule has 0 amide bonds. The molecule has 0 spiro atoms. The Labute approximate surface area is 118 Å². The molecule has 1 aliphatic rings. The third-order valence-electron chi connectivity index (χ3n) is 3.44. The number of thioether (sulfide) groups is 1. The maximum Gasteiger partial charge on any atom is 0.245 e. The first-order chi connectivity index (χ1) is 9.18. The predicted octanol–water partition coefficient (Wildman–Crippen LogP) is 4.31. The lowest BCUT2D eigenvalue weighted by atomic mass is 9.93. The summed E-state index contributed by atoms with van der Waals surface area (Å²) in [6.07, 6.45) is 6.19. The van der Waals surface area contributed by atoms with Gasteiger partial charge in [0.2, 0.25) is 6.04 Å². The van der Waals surface area contributed by atoms with Gasteiger partial charge in [-0.05, 0) is 44.7 Å². The maximum absolute atomic E-state index is 11.4. The van der Waals surface area contributed by atoms with Crippen LogP contribution >= 0.6 is 11.8 Å². The molecule has 0 heterocycles. The number of benzene rings is 1. The Balaban J connectivity index is 2.10. The lowest BCUT2D eigenvalue weighted by Gasteiger charge is -2.21. The molecule has 0 aliphatic heterocycles. The van der Waals surface area contributed by atoms with Crippen molar-refractivity contribution in [2.24, 2.45) is 0 Å². The average molecular weight is 277 g/mol. The molecule has 1 aromatic rings. The first-order valence-corrected chi connectivity index (χ1v) is 7.60. The molecule has 1 aliphatic carbocycles. The highest BCUT2D eigenvalue weighted by Gasteiger charge is 2.32. The molecular weight excluding hydrogens is 258 g/mol. The predicted molar refractivity (Wildman–Crippen MR) is 79.1 cm³/mol. The van der Waals surface area contributed by atoms with Crippen LogP contribution in [0, 0.1) is 10.1 Å². The summed E-state index contributed by atoms with van der Waals surface area (Å²) < 4.78 is 0. The molecule has 19 heavy (non-hydrogen) atoms. The summed E-state index contributed by atoms with van der Waals surface area (Å²) in [5.74, 6) is 0. The number of nitro groups is 1. The molecular formula is C15H19NO2S. The zero-order chi connectivity index (χ0) is 13.7. The van der Waals surface area contributed by atoms with Crippen molar-refractivity contribution in [1.82, 2.24) is 0 Å². The van der Waals surface area contributed by atoms with Crippen LogP contribution < -0.4 is 0 Å². The van der Waals surface area contributed by atoms with Crippen LogP contribution in [0.5, 0.6) is 0 Å². The Morgan fingerprint density at radius 2 is 2.00 bits per heavy atom. The second-order valence-electron chi connectivity index (χ2n) is 4.89. The third-order valence-corrected chi connectivity index (χ3v) is 4.62. The summed E-state index contributed by atoms with van der Waals surface area (Å²) in [6.45, 7) is 1.96. The SMILES string of the molecule is CC(Sc1ccccc1)C(C1=CCCCC1)[N+](=O)[O-]. The minimum absolute atomic E-state index is 0.0400. The van der Waals surface area contributed by atoms with E-state index in [1.807, 2.05) is 37.3 Å². The first-order valence-electron chi connectivity index (χ1n) is 6.72. The van der Waals surface area contributed by atoms with Crippen LogP contribution in [0.15, 0.2) is 46.9 Å². The van der Waals surface area contributed by atoms with E-state index in [2.05, 4.69) is 6.08 Å². The third kappa shape index (κ3) is 3.83. The van der Waals surface area contributed by atoms with Crippen molar-refractivity contribution in [3.63, 3.8) is 0 Å². The standard InChI is InChI=1S/C15H19NO2S/c1-12(19-14-10-6-3-7-11-14)15(16(17)18)13-8-4-2-5-9-13/h3,6-8,10-12,15H,2,4-5,9H2,1H3. The Bertz CT molecular complexity index is 458. The summed E-state index contributed by atoms with van der Waals surface area (Å²) >= 11 is 1.59. The van der Waals surface area contributed by atoms with E-state index in [9.17, 15) is 10.1 Å². The molecule has 0 N–H and O–H groups in total. The molecule has 0 saturated carbocycles. The van der Waals surface area contributed by atoms with Gasteiger partial charge in [-0.2, -0.15) is 0 Å². The van der Waals surface area contributed by atoms with Crippen LogP contribution in [0.1, 0.15) is 32.6 Å². The fourth-order valence-electron chi connectivity index (χ4n) is 2.52. The minimum Gasteiger partial charge on any atom is -0.264 e. The van der Waals surface area contributed by atoms with E-state index in [1.165, 1.54) is 0 Å². The highest BCUT2D eigenvalue weighted by Crippen LogP contribution is 2.32. The molecule has 3 nitrogen and oxygen atoms in total. The molecule has 1 aromatic carbocycles. The monoisotopic (exact) mass is 277 g/mol. The van der Waals surface area contributed by atoms with Gasteiger partial charge in [0.15, 0.2) is 0 Å². The van der Waals surface area contributed by atoms with Crippen molar-refractivity contribution in [3.05, 3.63) is 52.1 Å².